The Morgan fingerprint density at radius 1 is 1.15 bits per heavy atom. The number of carbonyl (C=O) groups is 1. The van der Waals surface area contributed by atoms with Crippen molar-refractivity contribution in [3.63, 3.8) is 0 Å². The zero-order chi connectivity index (χ0) is 19.4. The third-order valence-corrected chi connectivity index (χ3v) is 4.89. The second kappa shape index (κ2) is 8.03. The van der Waals surface area contributed by atoms with E-state index in [1.807, 2.05) is 42.5 Å². The van der Waals surface area contributed by atoms with Gasteiger partial charge in [0.2, 0.25) is 0 Å². The van der Waals surface area contributed by atoms with Crippen LogP contribution < -0.4 is 0 Å². The van der Waals surface area contributed by atoms with E-state index in [1.165, 1.54) is 5.01 Å². The van der Waals surface area contributed by atoms with E-state index in [0.29, 0.717) is 22.8 Å². The molecule has 134 valence electrons. The molecule has 0 radical (unpaired) electrons. The van der Waals surface area contributed by atoms with Crippen LogP contribution in [0.25, 0.3) is 0 Å². The van der Waals surface area contributed by atoms with Crippen molar-refractivity contribution < 1.29 is 4.79 Å². The molecule has 0 spiro atoms. The van der Waals surface area contributed by atoms with Crippen LogP contribution in [-0.4, -0.2) is 16.6 Å². The van der Waals surface area contributed by atoms with Gasteiger partial charge >= 0.3 is 0 Å². The molecule has 0 aliphatic carbocycles. The highest BCUT2D eigenvalue weighted by molar-refractivity contribution is 6.30. The number of carbonyl (C=O) groups excluding carboxylic acids is 1. The molecule has 5 nitrogen and oxygen atoms in total. The average Bonchev–Trinajstić information content (AvgIpc) is 2.94. The zero-order valence-electron chi connectivity index (χ0n) is 14.7. The lowest BCUT2D eigenvalue weighted by Crippen LogP contribution is -2.34. The van der Waals surface area contributed by atoms with Crippen LogP contribution in [0.2, 0.25) is 5.02 Å². The Morgan fingerprint density at radius 3 is 2.48 bits per heavy atom. The number of nitrogens with zero attached hydrogens (tertiary/aromatic N) is 4. The molecule has 2 aromatic rings. The van der Waals surface area contributed by atoms with Crippen LogP contribution >= 0.6 is 11.6 Å². The van der Waals surface area contributed by atoms with Crippen molar-refractivity contribution in [2.24, 2.45) is 16.9 Å². The van der Waals surface area contributed by atoms with Gasteiger partial charge in [0, 0.05) is 16.7 Å². The van der Waals surface area contributed by atoms with Gasteiger partial charge in [-0.25, -0.2) is 5.01 Å². The Labute approximate surface area is 163 Å². The molecule has 0 aromatic heterocycles. The van der Waals surface area contributed by atoms with Crippen LogP contribution in [0, 0.1) is 34.5 Å². The molecule has 27 heavy (non-hydrogen) atoms. The van der Waals surface area contributed by atoms with Gasteiger partial charge in [-0.3, -0.25) is 4.79 Å². The third-order valence-electron chi connectivity index (χ3n) is 4.65. The Hall–Kier alpha value is -3.15. The molecule has 0 saturated heterocycles. The topological polar surface area (TPSA) is 80.2 Å². The van der Waals surface area contributed by atoms with Crippen molar-refractivity contribution in [2.75, 3.05) is 0 Å². The first-order valence-corrected chi connectivity index (χ1v) is 8.88. The fraction of sp³-hybridized carbons (Fsp3) is 0.238. The molecule has 0 unspecified atom stereocenters. The lowest BCUT2D eigenvalue weighted by Gasteiger charge is -2.24. The van der Waals surface area contributed by atoms with Crippen LogP contribution in [-0.2, 0) is 11.3 Å². The number of amides is 1. The fourth-order valence-corrected chi connectivity index (χ4v) is 3.60. The molecule has 0 bridgehead atoms. The average molecular weight is 377 g/mol. The van der Waals surface area contributed by atoms with Gasteiger partial charge in [0.05, 0.1) is 24.6 Å². The number of rotatable bonds is 5. The van der Waals surface area contributed by atoms with Crippen molar-refractivity contribution in [3.05, 3.63) is 70.7 Å². The van der Waals surface area contributed by atoms with E-state index in [-0.39, 0.29) is 5.91 Å². The molecular weight excluding hydrogens is 360 g/mol. The lowest BCUT2D eigenvalue weighted by molar-refractivity contribution is -0.133. The summed E-state index contributed by atoms with van der Waals surface area (Å²) >= 11 is 6.10. The SMILES string of the molecule is CC1=NN(Cc2ccccc2)C(=O)[C@H]1[C@@H](c1cccc(Cl)c1)C(C#N)C#N. The molecule has 6 heteroatoms. The first-order chi connectivity index (χ1) is 13.0. The fourth-order valence-electron chi connectivity index (χ4n) is 3.40. The van der Waals surface area contributed by atoms with E-state index in [9.17, 15) is 15.3 Å². The monoisotopic (exact) mass is 376 g/mol. The van der Waals surface area contributed by atoms with Gasteiger partial charge in [0.25, 0.3) is 5.91 Å². The van der Waals surface area contributed by atoms with Gasteiger partial charge < -0.3 is 0 Å². The van der Waals surface area contributed by atoms with E-state index >= 15 is 0 Å². The van der Waals surface area contributed by atoms with Gasteiger partial charge in [0.15, 0.2) is 0 Å². The minimum atomic E-state index is -0.987. The number of hydrogen-bond acceptors (Lipinski definition) is 4. The number of benzene rings is 2. The van der Waals surface area contributed by atoms with Gasteiger partial charge in [0.1, 0.15) is 5.92 Å². The predicted octanol–water partition coefficient (Wildman–Crippen LogP) is 4.12. The smallest absolute Gasteiger partial charge is 0.252 e. The van der Waals surface area contributed by atoms with Crippen LogP contribution in [0.5, 0.6) is 0 Å². The van der Waals surface area contributed by atoms with Crippen molar-refractivity contribution in [2.45, 2.75) is 19.4 Å². The zero-order valence-corrected chi connectivity index (χ0v) is 15.5. The largest absolute Gasteiger partial charge is 0.272 e. The highest BCUT2D eigenvalue weighted by atomic mass is 35.5. The second-order valence-electron chi connectivity index (χ2n) is 6.42. The lowest BCUT2D eigenvalue weighted by atomic mass is 9.76. The van der Waals surface area contributed by atoms with E-state index in [1.54, 1.807) is 31.2 Å². The minimum absolute atomic E-state index is 0.211. The van der Waals surface area contributed by atoms with E-state index in [2.05, 4.69) is 5.10 Å². The molecule has 0 N–H and O–H groups in total. The minimum Gasteiger partial charge on any atom is -0.272 e. The Bertz CT molecular complexity index is 944. The van der Waals surface area contributed by atoms with Gasteiger partial charge in [-0.05, 0) is 30.2 Å². The highest BCUT2D eigenvalue weighted by Crippen LogP contribution is 2.38. The van der Waals surface area contributed by atoms with Gasteiger partial charge in [-0.15, -0.1) is 0 Å². The van der Waals surface area contributed by atoms with Crippen LogP contribution in [0.15, 0.2) is 59.7 Å². The standard InChI is InChI=1S/C21H17ClN4O/c1-14-19(21(27)26(25-14)13-15-6-3-2-4-7-15)20(17(11-23)12-24)16-8-5-9-18(22)10-16/h2-10,17,19-20H,13H2,1H3/t19-,20+/m1/s1. The van der Waals surface area contributed by atoms with Crippen LogP contribution in [0.1, 0.15) is 24.0 Å². The molecule has 0 fully saturated rings. The molecule has 1 aliphatic heterocycles. The highest BCUT2D eigenvalue weighted by Gasteiger charge is 2.43. The molecule has 0 saturated carbocycles. The van der Waals surface area contributed by atoms with Crippen LogP contribution in [0.3, 0.4) is 0 Å². The van der Waals surface area contributed by atoms with Crippen molar-refractivity contribution in [1.29, 1.82) is 10.5 Å². The van der Waals surface area contributed by atoms with E-state index in [0.717, 1.165) is 5.56 Å². The molecule has 1 amide bonds. The summed E-state index contributed by atoms with van der Waals surface area (Å²) in [6, 6.07) is 20.6. The van der Waals surface area contributed by atoms with Gasteiger partial charge in [-0.1, -0.05) is 54.1 Å². The Morgan fingerprint density at radius 2 is 1.85 bits per heavy atom. The van der Waals surface area contributed by atoms with E-state index < -0.39 is 17.8 Å². The normalized spacial score (nSPS) is 17.4. The second-order valence-corrected chi connectivity index (χ2v) is 6.85. The summed E-state index contributed by atoms with van der Waals surface area (Å²) in [5.41, 5.74) is 2.24. The number of hydrogen-bond donors (Lipinski definition) is 0. The summed E-state index contributed by atoms with van der Waals surface area (Å²) in [7, 11) is 0. The predicted molar refractivity (Wildman–Crippen MR) is 103 cm³/mol. The maximum Gasteiger partial charge on any atom is 0.252 e. The summed E-state index contributed by atoms with van der Waals surface area (Å²) in [5, 5.41) is 25.3. The first kappa shape index (κ1) is 18.6. The molecule has 1 aliphatic rings. The molecular formula is C21H17ClN4O. The quantitative estimate of drug-likeness (QED) is 0.787. The van der Waals surface area contributed by atoms with Crippen molar-refractivity contribution in [3.8, 4) is 12.1 Å². The Balaban J connectivity index is 1.96. The van der Waals surface area contributed by atoms with Crippen LogP contribution in [0.4, 0.5) is 0 Å². The van der Waals surface area contributed by atoms with E-state index in [4.69, 9.17) is 11.6 Å². The third kappa shape index (κ3) is 3.84. The van der Waals surface area contributed by atoms with Crippen molar-refractivity contribution in [1.82, 2.24) is 5.01 Å². The number of hydrazone groups is 1. The Kier molecular flexibility index (Phi) is 5.54. The summed E-state index contributed by atoms with van der Waals surface area (Å²) in [5.74, 6) is -2.50. The molecule has 2 atom stereocenters. The maximum absolute atomic E-state index is 13.1. The summed E-state index contributed by atoms with van der Waals surface area (Å²) in [4.78, 5) is 13.1. The summed E-state index contributed by atoms with van der Waals surface area (Å²) in [6.45, 7) is 2.11. The first-order valence-electron chi connectivity index (χ1n) is 8.50. The van der Waals surface area contributed by atoms with Crippen molar-refractivity contribution >= 4 is 23.2 Å². The molecule has 2 aromatic carbocycles. The number of nitriles is 2. The number of halogens is 1. The maximum atomic E-state index is 13.1. The summed E-state index contributed by atoms with van der Waals surface area (Å²) in [6.07, 6.45) is 0. The molecule has 1 heterocycles. The summed E-state index contributed by atoms with van der Waals surface area (Å²) < 4.78 is 0. The van der Waals surface area contributed by atoms with Gasteiger partial charge in [-0.2, -0.15) is 15.6 Å². The molecule has 3 rings (SSSR count).